The number of ketones is 1. The van der Waals surface area contributed by atoms with Gasteiger partial charge in [0.2, 0.25) is 12.0 Å². The SMILES string of the molecule is CC(C)CC(NC(=O)c1cccc(OCc2ccccc2)c1)C(=O)C1NN(CC(C)C)C(=O)O1. The molecule has 2 aromatic carbocycles. The van der Waals surface area contributed by atoms with E-state index in [2.05, 4.69) is 10.7 Å². The molecule has 1 aliphatic rings. The summed E-state index contributed by atoms with van der Waals surface area (Å²) in [6.45, 7) is 8.64. The van der Waals surface area contributed by atoms with Crippen LogP contribution in [0.5, 0.6) is 5.75 Å². The van der Waals surface area contributed by atoms with Gasteiger partial charge in [-0.25, -0.2) is 9.80 Å². The number of hydrazine groups is 1. The van der Waals surface area contributed by atoms with Gasteiger partial charge in [0.15, 0.2) is 0 Å². The predicted octanol–water partition coefficient (Wildman–Crippen LogP) is 3.92. The maximum atomic E-state index is 13.1. The Morgan fingerprint density at radius 3 is 2.47 bits per heavy atom. The second-order valence-electron chi connectivity index (χ2n) is 9.26. The molecule has 8 nitrogen and oxygen atoms in total. The van der Waals surface area contributed by atoms with Crippen LogP contribution in [0.2, 0.25) is 0 Å². The van der Waals surface area contributed by atoms with Crippen molar-refractivity contribution in [3.8, 4) is 5.75 Å². The van der Waals surface area contributed by atoms with Crippen molar-refractivity contribution in [2.45, 2.75) is 53.0 Å². The first-order valence-corrected chi connectivity index (χ1v) is 11.6. The fourth-order valence-electron chi connectivity index (χ4n) is 3.61. The van der Waals surface area contributed by atoms with Crippen molar-refractivity contribution < 1.29 is 23.9 Å². The van der Waals surface area contributed by atoms with Crippen LogP contribution in [0.4, 0.5) is 4.79 Å². The quantitative estimate of drug-likeness (QED) is 0.520. The molecule has 0 aromatic heterocycles. The molecule has 1 aliphatic heterocycles. The van der Waals surface area contributed by atoms with Crippen molar-refractivity contribution in [3.63, 3.8) is 0 Å². The minimum absolute atomic E-state index is 0.138. The van der Waals surface area contributed by atoms with E-state index in [4.69, 9.17) is 9.47 Å². The summed E-state index contributed by atoms with van der Waals surface area (Å²) in [6, 6.07) is 15.8. The number of benzene rings is 2. The van der Waals surface area contributed by atoms with Crippen molar-refractivity contribution in [2.75, 3.05) is 6.54 Å². The van der Waals surface area contributed by atoms with E-state index >= 15 is 0 Å². The van der Waals surface area contributed by atoms with E-state index in [1.807, 2.05) is 58.0 Å². The predicted molar refractivity (Wildman–Crippen MR) is 128 cm³/mol. The highest BCUT2D eigenvalue weighted by atomic mass is 16.6. The van der Waals surface area contributed by atoms with Crippen LogP contribution in [0.25, 0.3) is 0 Å². The third kappa shape index (κ3) is 7.05. The summed E-state index contributed by atoms with van der Waals surface area (Å²) in [4.78, 5) is 38.2. The molecule has 1 saturated heterocycles. The first-order valence-electron chi connectivity index (χ1n) is 11.6. The number of hydrogen-bond donors (Lipinski definition) is 2. The van der Waals surface area contributed by atoms with E-state index < -0.39 is 30.1 Å². The van der Waals surface area contributed by atoms with E-state index in [-0.39, 0.29) is 11.8 Å². The van der Waals surface area contributed by atoms with E-state index in [0.717, 1.165) is 5.56 Å². The molecular weight excluding hydrogens is 434 g/mol. The first kappa shape index (κ1) is 25.2. The Balaban J connectivity index is 1.66. The molecular formula is C26H33N3O5. The second-order valence-corrected chi connectivity index (χ2v) is 9.26. The van der Waals surface area contributed by atoms with Crippen LogP contribution >= 0.6 is 0 Å². The molecule has 8 heteroatoms. The number of rotatable bonds is 11. The van der Waals surface area contributed by atoms with Gasteiger partial charge in [0.1, 0.15) is 12.4 Å². The molecule has 0 bridgehead atoms. The average Bonchev–Trinajstić information content (AvgIpc) is 3.16. The van der Waals surface area contributed by atoms with E-state index in [9.17, 15) is 14.4 Å². The van der Waals surface area contributed by atoms with Gasteiger partial charge >= 0.3 is 6.09 Å². The number of nitrogens with zero attached hydrogens (tertiary/aromatic N) is 1. The molecule has 2 N–H and O–H groups in total. The van der Waals surface area contributed by atoms with Crippen LogP contribution in [-0.4, -0.2) is 41.6 Å². The van der Waals surface area contributed by atoms with Gasteiger partial charge in [-0.3, -0.25) is 9.59 Å². The Morgan fingerprint density at radius 2 is 1.79 bits per heavy atom. The summed E-state index contributed by atoms with van der Waals surface area (Å²) in [5, 5.41) is 4.12. The molecule has 1 fully saturated rings. The lowest BCUT2D eigenvalue weighted by Crippen LogP contribution is -2.51. The van der Waals surface area contributed by atoms with Gasteiger partial charge in [-0.05, 0) is 42.0 Å². The van der Waals surface area contributed by atoms with Gasteiger partial charge in [0.05, 0.1) is 6.04 Å². The Hall–Kier alpha value is -3.39. The van der Waals surface area contributed by atoms with Crippen LogP contribution in [0.15, 0.2) is 54.6 Å². The van der Waals surface area contributed by atoms with Crippen LogP contribution in [-0.2, 0) is 16.1 Å². The summed E-state index contributed by atoms with van der Waals surface area (Å²) in [7, 11) is 0. The number of carbonyl (C=O) groups is 3. The second kappa shape index (κ2) is 11.7. The molecule has 2 atom stereocenters. The Labute approximate surface area is 200 Å². The minimum atomic E-state index is -1.13. The molecule has 34 heavy (non-hydrogen) atoms. The highest BCUT2D eigenvalue weighted by Gasteiger charge is 2.39. The van der Waals surface area contributed by atoms with Crippen molar-refractivity contribution in [1.29, 1.82) is 0 Å². The van der Waals surface area contributed by atoms with Gasteiger partial charge < -0.3 is 14.8 Å². The fraction of sp³-hybridized carbons (Fsp3) is 0.423. The third-order valence-corrected chi connectivity index (χ3v) is 5.22. The van der Waals surface area contributed by atoms with Gasteiger partial charge in [0, 0.05) is 12.1 Å². The molecule has 2 unspecified atom stereocenters. The number of ether oxygens (including phenoxy) is 2. The molecule has 0 saturated carbocycles. The summed E-state index contributed by atoms with van der Waals surface area (Å²) >= 11 is 0. The van der Waals surface area contributed by atoms with E-state index in [1.54, 1.807) is 24.3 Å². The van der Waals surface area contributed by atoms with Crippen LogP contribution in [0.1, 0.15) is 50.0 Å². The summed E-state index contributed by atoms with van der Waals surface area (Å²) in [6.07, 6.45) is -1.31. The Kier molecular flexibility index (Phi) is 8.65. The minimum Gasteiger partial charge on any atom is -0.489 e. The number of hydrogen-bond acceptors (Lipinski definition) is 6. The lowest BCUT2D eigenvalue weighted by Gasteiger charge is -2.22. The number of carbonyl (C=O) groups excluding carboxylic acids is 3. The zero-order valence-corrected chi connectivity index (χ0v) is 20.1. The lowest BCUT2D eigenvalue weighted by atomic mass is 9.99. The number of nitrogens with one attached hydrogen (secondary N) is 2. The van der Waals surface area contributed by atoms with Gasteiger partial charge in [0.25, 0.3) is 5.91 Å². The van der Waals surface area contributed by atoms with Gasteiger partial charge in [-0.1, -0.05) is 64.1 Å². The molecule has 3 rings (SSSR count). The van der Waals surface area contributed by atoms with Crippen LogP contribution < -0.4 is 15.5 Å². The number of Topliss-reactive ketones (excluding diaryl/α,β-unsaturated/α-hetero) is 1. The molecule has 0 spiro atoms. The molecule has 0 radical (unpaired) electrons. The zero-order valence-electron chi connectivity index (χ0n) is 20.1. The highest BCUT2D eigenvalue weighted by molar-refractivity contribution is 5.99. The Morgan fingerprint density at radius 1 is 1.06 bits per heavy atom. The van der Waals surface area contributed by atoms with Crippen LogP contribution in [0.3, 0.4) is 0 Å². The summed E-state index contributed by atoms with van der Waals surface area (Å²) in [5.74, 6) is 0.111. The molecule has 0 aliphatic carbocycles. The fourth-order valence-corrected chi connectivity index (χ4v) is 3.61. The zero-order chi connectivity index (χ0) is 24.7. The average molecular weight is 468 g/mol. The monoisotopic (exact) mass is 467 g/mol. The van der Waals surface area contributed by atoms with Crippen LogP contribution in [0, 0.1) is 11.8 Å². The van der Waals surface area contributed by atoms with Gasteiger partial charge in [-0.2, -0.15) is 5.43 Å². The number of amides is 2. The Bertz CT molecular complexity index is 993. The highest BCUT2D eigenvalue weighted by Crippen LogP contribution is 2.18. The summed E-state index contributed by atoms with van der Waals surface area (Å²) < 4.78 is 11.1. The van der Waals surface area contributed by atoms with Gasteiger partial charge in [-0.15, -0.1) is 0 Å². The molecule has 2 aromatic rings. The van der Waals surface area contributed by atoms with E-state index in [1.165, 1.54) is 5.01 Å². The normalized spacial score (nSPS) is 16.5. The van der Waals surface area contributed by atoms with Crippen molar-refractivity contribution >= 4 is 17.8 Å². The molecule has 2 amide bonds. The maximum Gasteiger partial charge on any atom is 0.426 e. The third-order valence-electron chi connectivity index (χ3n) is 5.22. The number of cyclic esters (lactones) is 1. The largest absolute Gasteiger partial charge is 0.489 e. The van der Waals surface area contributed by atoms with Crippen molar-refractivity contribution in [1.82, 2.24) is 15.8 Å². The maximum absolute atomic E-state index is 13.1. The molecule has 182 valence electrons. The summed E-state index contributed by atoms with van der Waals surface area (Å²) in [5.41, 5.74) is 4.22. The van der Waals surface area contributed by atoms with Crippen molar-refractivity contribution in [2.24, 2.45) is 11.8 Å². The van der Waals surface area contributed by atoms with Crippen molar-refractivity contribution in [3.05, 3.63) is 65.7 Å². The molecule has 1 heterocycles. The van der Waals surface area contributed by atoms with E-state index in [0.29, 0.717) is 30.9 Å². The lowest BCUT2D eigenvalue weighted by molar-refractivity contribution is -0.129. The smallest absolute Gasteiger partial charge is 0.426 e. The first-order chi connectivity index (χ1) is 16.2. The standard InChI is InChI=1S/C26H33N3O5/c1-17(2)13-22(23(30)25-28-29(15-18(3)4)26(32)34-25)27-24(31)20-11-8-12-21(14-20)33-16-19-9-6-5-7-10-19/h5-12,14,17-18,22,25,28H,13,15-16H2,1-4H3,(H,27,31). The topological polar surface area (TPSA) is 97.0 Å².